The molecule has 0 spiro atoms. The molecule has 0 aliphatic carbocycles. The predicted octanol–water partition coefficient (Wildman–Crippen LogP) is 3.26. The molecule has 140 valence electrons. The van der Waals surface area contributed by atoms with Gasteiger partial charge < -0.3 is 10.2 Å². The van der Waals surface area contributed by atoms with Gasteiger partial charge >= 0.3 is 0 Å². The van der Waals surface area contributed by atoms with Crippen molar-refractivity contribution >= 4 is 17.2 Å². The van der Waals surface area contributed by atoms with Crippen molar-refractivity contribution in [2.75, 3.05) is 26.2 Å². The second-order valence-electron chi connectivity index (χ2n) is 6.84. The molecule has 2 heterocycles. The molecule has 1 N–H and O–H groups in total. The van der Waals surface area contributed by atoms with E-state index in [4.69, 9.17) is 0 Å². The van der Waals surface area contributed by atoms with Crippen LogP contribution in [0.4, 0.5) is 4.39 Å². The number of piperidine rings is 1. The summed E-state index contributed by atoms with van der Waals surface area (Å²) in [4.78, 5) is 19.1. The Bertz CT molecular complexity index is 708. The highest BCUT2D eigenvalue weighted by Crippen LogP contribution is 2.19. The quantitative estimate of drug-likeness (QED) is 0.808. The second kappa shape index (κ2) is 9.24. The Labute approximate surface area is 158 Å². The SMILES string of the molecule is CCNCC1CCN(C(=O)Cc2csc(Cc3ccc(F)cc3)n2)CC1. The number of rotatable bonds is 7. The number of carbonyl (C=O) groups is 1. The topological polar surface area (TPSA) is 45.2 Å². The maximum atomic E-state index is 13.0. The zero-order valence-corrected chi connectivity index (χ0v) is 16.0. The van der Waals surface area contributed by atoms with E-state index in [-0.39, 0.29) is 11.7 Å². The first-order chi connectivity index (χ1) is 12.6. The lowest BCUT2D eigenvalue weighted by molar-refractivity contribution is -0.131. The number of nitrogens with one attached hydrogen (secondary N) is 1. The fourth-order valence-electron chi connectivity index (χ4n) is 3.29. The Morgan fingerprint density at radius 1 is 1.31 bits per heavy atom. The average molecular weight is 376 g/mol. The van der Waals surface area contributed by atoms with Gasteiger partial charge in [-0.3, -0.25) is 4.79 Å². The number of thiazole rings is 1. The highest BCUT2D eigenvalue weighted by molar-refractivity contribution is 7.09. The Hall–Kier alpha value is -1.79. The molecule has 0 bridgehead atoms. The van der Waals surface area contributed by atoms with Crippen LogP contribution in [0.2, 0.25) is 0 Å². The van der Waals surface area contributed by atoms with Crippen molar-refractivity contribution in [2.45, 2.75) is 32.6 Å². The molecule has 0 radical (unpaired) electrons. The Kier molecular flexibility index (Phi) is 6.74. The third kappa shape index (κ3) is 5.35. The fraction of sp³-hybridized carbons (Fsp3) is 0.500. The van der Waals surface area contributed by atoms with Gasteiger partial charge in [0.1, 0.15) is 5.82 Å². The number of amides is 1. The lowest BCUT2D eigenvalue weighted by atomic mass is 9.96. The van der Waals surface area contributed by atoms with E-state index >= 15 is 0 Å². The maximum Gasteiger partial charge on any atom is 0.228 e. The summed E-state index contributed by atoms with van der Waals surface area (Å²) in [5, 5.41) is 6.32. The van der Waals surface area contributed by atoms with Crippen LogP contribution in [0.1, 0.15) is 36.0 Å². The minimum Gasteiger partial charge on any atom is -0.342 e. The Morgan fingerprint density at radius 3 is 2.73 bits per heavy atom. The molecule has 0 unspecified atom stereocenters. The third-order valence-electron chi connectivity index (χ3n) is 4.85. The second-order valence-corrected chi connectivity index (χ2v) is 7.79. The van der Waals surface area contributed by atoms with E-state index in [9.17, 15) is 9.18 Å². The van der Waals surface area contributed by atoms with Gasteiger partial charge in [-0.25, -0.2) is 9.37 Å². The number of aromatic nitrogens is 1. The van der Waals surface area contributed by atoms with Crippen LogP contribution in [0.25, 0.3) is 0 Å². The lowest BCUT2D eigenvalue weighted by Crippen LogP contribution is -2.41. The minimum absolute atomic E-state index is 0.172. The summed E-state index contributed by atoms with van der Waals surface area (Å²) < 4.78 is 13.0. The van der Waals surface area contributed by atoms with E-state index in [1.54, 1.807) is 23.5 Å². The molecular weight excluding hydrogens is 349 g/mol. The highest BCUT2D eigenvalue weighted by atomic mass is 32.1. The minimum atomic E-state index is -0.228. The van der Waals surface area contributed by atoms with E-state index in [0.29, 0.717) is 18.8 Å². The van der Waals surface area contributed by atoms with Crippen LogP contribution in [-0.4, -0.2) is 42.0 Å². The van der Waals surface area contributed by atoms with E-state index < -0.39 is 0 Å². The number of carbonyl (C=O) groups excluding carboxylic acids is 1. The van der Waals surface area contributed by atoms with Gasteiger partial charge in [0.05, 0.1) is 17.1 Å². The van der Waals surface area contributed by atoms with Gasteiger partial charge in [0.15, 0.2) is 0 Å². The average Bonchev–Trinajstić information content (AvgIpc) is 3.09. The van der Waals surface area contributed by atoms with Crippen molar-refractivity contribution in [3.8, 4) is 0 Å². The summed E-state index contributed by atoms with van der Waals surface area (Å²) in [7, 11) is 0. The number of hydrogen-bond acceptors (Lipinski definition) is 4. The summed E-state index contributed by atoms with van der Waals surface area (Å²) in [5.41, 5.74) is 1.87. The van der Waals surface area contributed by atoms with Crippen LogP contribution in [0, 0.1) is 11.7 Å². The fourth-order valence-corrected chi connectivity index (χ4v) is 4.12. The van der Waals surface area contributed by atoms with Crippen LogP contribution < -0.4 is 5.32 Å². The zero-order chi connectivity index (χ0) is 18.4. The first-order valence-electron chi connectivity index (χ1n) is 9.30. The standard InChI is InChI=1S/C20H26FN3OS/c1-2-22-13-16-7-9-24(10-8-16)20(25)12-18-14-26-19(23-18)11-15-3-5-17(21)6-4-15/h3-6,14,16,22H,2,7-13H2,1H3. The molecule has 2 aromatic rings. The van der Waals surface area contributed by atoms with E-state index in [1.807, 2.05) is 10.3 Å². The summed E-state index contributed by atoms with van der Waals surface area (Å²) >= 11 is 1.56. The van der Waals surface area contributed by atoms with E-state index in [1.165, 1.54) is 12.1 Å². The number of halogens is 1. The van der Waals surface area contributed by atoms with Gasteiger partial charge in [-0.2, -0.15) is 0 Å². The van der Waals surface area contributed by atoms with Gasteiger partial charge in [0.25, 0.3) is 0 Å². The molecule has 1 amide bonds. The molecule has 3 rings (SSSR count). The van der Waals surface area contributed by atoms with Gasteiger partial charge in [-0.15, -0.1) is 11.3 Å². The normalized spacial score (nSPS) is 15.4. The smallest absolute Gasteiger partial charge is 0.228 e. The van der Waals surface area contributed by atoms with Crippen molar-refractivity contribution < 1.29 is 9.18 Å². The number of nitrogens with zero attached hydrogens (tertiary/aromatic N) is 2. The van der Waals surface area contributed by atoms with Crippen LogP contribution in [0.15, 0.2) is 29.6 Å². The van der Waals surface area contributed by atoms with E-state index in [0.717, 1.165) is 55.3 Å². The molecule has 1 aliphatic rings. The molecule has 0 saturated carbocycles. The Balaban J connectivity index is 1.48. The molecule has 4 nitrogen and oxygen atoms in total. The van der Waals surface area contributed by atoms with Crippen molar-refractivity contribution in [3.63, 3.8) is 0 Å². The molecule has 0 atom stereocenters. The Morgan fingerprint density at radius 2 is 2.04 bits per heavy atom. The number of likely N-dealkylation sites (tertiary alicyclic amines) is 1. The van der Waals surface area contributed by atoms with Gasteiger partial charge in [-0.1, -0.05) is 19.1 Å². The van der Waals surface area contributed by atoms with Crippen molar-refractivity contribution in [2.24, 2.45) is 5.92 Å². The molecule has 1 aromatic carbocycles. The first-order valence-corrected chi connectivity index (χ1v) is 10.2. The maximum absolute atomic E-state index is 13.0. The molecule has 1 aromatic heterocycles. The molecular formula is C20H26FN3OS. The van der Waals surface area contributed by atoms with Crippen LogP contribution in [0.3, 0.4) is 0 Å². The molecule has 1 aliphatic heterocycles. The highest BCUT2D eigenvalue weighted by Gasteiger charge is 2.23. The summed E-state index contributed by atoms with van der Waals surface area (Å²) in [6, 6.07) is 6.48. The number of benzene rings is 1. The molecule has 1 fully saturated rings. The zero-order valence-electron chi connectivity index (χ0n) is 15.2. The van der Waals surface area contributed by atoms with Crippen LogP contribution in [0.5, 0.6) is 0 Å². The van der Waals surface area contributed by atoms with E-state index in [2.05, 4.69) is 17.2 Å². The monoisotopic (exact) mass is 375 g/mol. The van der Waals surface area contributed by atoms with Gasteiger partial charge in [0, 0.05) is 24.9 Å². The lowest BCUT2D eigenvalue weighted by Gasteiger charge is -2.32. The van der Waals surface area contributed by atoms with Crippen molar-refractivity contribution in [1.82, 2.24) is 15.2 Å². The van der Waals surface area contributed by atoms with Crippen molar-refractivity contribution in [3.05, 3.63) is 51.7 Å². The largest absolute Gasteiger partial charge is 0.342 e. The van der Waals surface area contributed by atoms with Crippen LogP contribution in [-0.2, 0) is 17.6 Å². The summed E-state index contributed by atoms with van der Waals surface area (Å²) in [5.74, 6) is 0.625. The third-order valence-corrected chi connectivity index (χ3v) is 5.75. The molecule has 26 heavy (non-hydrogen) atoms. The first kappa shape index (κ1) is 19.0. The molecule has 1 saturated heterocycles. The summed E-state index contributed by atoms with van der Waals surface area (Å²) in [6.07, 6.45) is 3.20. The van der Waals surface area contributed by atoms with Crippen molar-refractivity contribution in [1.29, 1.82) is 0 Å². The van der Waals surface area contributed by atoms with Crippen LogP contribution >= 0.6 is 11.3 Å². The predicted molar refractivity (Wildman–Crippen MR) is 103 cm³/mol. The number of hydrogen-bond donors (Lipinski definition) is 1. The van der Waals surface area contributed by atoms with Gasteiger partial charge in [0.2, 0.25) is 5.91 Å². The summed E-state index contributed by atoms with van der Waals surface area (Å²) in [6.45, 7) is 5.88. The molecule has 6 heteroatoms. The van der Waals surface area contributed by atoms with Gasteiger partial charge in [-0.05, 0) is 49.5 Å².